The second kappa shape index (κ2) is 5.89. The van der Waals surface area contributed by atoms with Gasteiger partial charge in [0.15, 0.2) is 0 Å². The molecular weight excluding hydrogens is 266 g/mol. The Labute approximate surface area is 116 Å². The Morgan fingerprint density at radius 3 is 2.79 bits per heavy atom. The van der Waals surface area contributed by atoms with Crippen molar-refractivity contribution >= 4 is 17.6 Å². The SMILES string of the molecule is CCCc1nc(-c2ccccc2Cl)oc1C(=O)OC. The van der Waals surface area contributed by atoms with Gasteiger partial charge in [-0.05, 0) is 18.6 Å². The van der Waals surface area contributed by atoms with Crippen molar-refractivity contribution in [1.82, 2.24) is 4.98 Å². The minimum Gasteiger partial charge on any atom is -0.463 e. The Kier molecular flexibility index (Phi) is 4.22. The van der Waals surface area contributed by atoms with Gasteiger partial charge in [0.05, 0.1) is 23.4 Å². The lowest BCUT2D eigenvalue weighted by molar-refractivity contribution is 0.0564. The Balaban J connectivity index is 2.48. The number of ether oxygens (including phenoxy) is 1. The largest absolute Gasteiger partial charge is 0.463 e. The van der Waals surface area contributed by atoms with E-state index in [0.29, 0.717) is 28.6 Å². The Hall–Kier alpha value is -1.81. The fourth-order valence-electron chi connectivity index (χ4n) is 1.76. The van der Waals surface area contributed by atoms with Crippen LogP contribution in [0.2, 0.25) is 5.02 Å². The molecule has 2 rings (SSSR count). The van der Waals surface area contributed by atoms with Crippen LogP contribution in [0.15, 0.2) is 28.7 Å². The van der Waals surface area contributed by atoms with Gasteiger partial charge in [0.1, 0.15) is 0 Å². The first-order valence-corrected chi connectivity index (χ1v) is 6.38. The lowest BCUT2D eigenvalue weighted by Gasteiger charge is -1.97. The third-order valence-corrected chi connectivity index (χ3v) is 2.99. The van der Waals surface area contributed by atoms with Crippen LogP contribution in [-0.4, -0.2) is 18.1 Å². The molecule has 1 aromatic carbocycles. The summed E-state index contributed by atoms with van der Waals surface area (Å²) in [5.41, 5.74) is 1.26. The third-order valence-electron chi connectivity index (χ3n) is 2.66. The van der Waals surface area contributed by atoms with Crippen LogP contribution in [0.25, 0.3) is 11.5 Å². The van der Waals surface area contributed by atoms with Crippen LogP contribution in [-0.2, 0) is 11.2 Å². The van der Waals surface area contributed by atoms with Crippen molar-refractivity contribution in [2.45, 2.75) is 19.8 Å². The molecule has 0 aliphatic carbocycles. The molecule has 100 valence electrons. The summed E-state index contributed by atoms with van der Waals surface area (Å²) in [5, 5.41) is 0.531. The number of hydrogen-bond acceptors (Lipinski definition) is 4. The van der Waals surface area contributed by atoms with Crippen molar-refractivity contribution in [2.75, 3.05) is 7.11 Å². The lowest BCUT2D eigenvalue weighted by atomic mass is 10.2. The monoisotopic (exact) mass is 279 g/mol. The molecule has 0 saturated carbocycles. The van der Waals surface area contributed by atoms with Gasteiger partial charge in [0.2, 0.25) is 11.7 Å². The van der Waals surface area contributed by atoms with Crippen molar-refractivity contribution in [3.63, 3.8) is 0 Å². The average molecular weight is 280 g/mol. The Morgan fingerprint density at radius 1 is 1.42 bits per heavy atom. The fourth-order valence-corrected chi connectivity index (χ4v) is 1.98. The zero-order valence-corrected chi connectivity index (χ0v) is 11.5. The number of methoxy groups -OCH3 is 1. The highest BCUT2D eigenvalue weighted by molar-refractivity contribution is 6.33. The molecule has 0 aliphatic rings. The molecule has 0 saturated heterocycles. The number of aromatic nitrogens is 1. The van der Waals surface area contributed by atoms with Crippen LogP contribution in [0, 0.1) is 0 Å². The second-order valence-corrected chi connectivity index (χ2v) is 4.42. The number of hydrogen-bond donors (Lipinski definition) is 0. The van der Waals surface area contributed by atoms with E-state index in [9.17, 15) is 4.79 Å². The van der Waals surface area contributed by atoms with Crippen molar-refractivity contribution in [2.24, 2.45) is 0 Å². The molecule has 0 fully saturated rings. The number of benzene rings is 1. The molecule has 0 bridgehead atoms. The normalized spacial score (nSPS) is 10.5. The van der Waals surface area contributed by atoms with Crippen molar-refractivity contribution in [3.8, 4) is 11.5 Å². The van der Waals surface area contributed by atoms with E-state index < -0.39 is 5.97 Å². The number of rotatable bonds is 4. The van der Waals surface area contributed by atoms with E-state index in [2.05, 4.69) is 4.98 Å². The van der Waals surface area contributed by atoms with Gasteiger partial charge in [0, 0.05) is 0 Å². The topological polar surface area (TPSA) is 52.3 Å². The van der Waals surface area contributed by atoms with Crippen molar-refractivity contribution in [1.29, 1.82) is 0 Å². The molecule has 5 heteroatoms. The standard InChI is InChI=1S/C14H14ClNO3/c1-3-6-11-12(14(17)18-2)19-13(16-11)9-7-4-5-8-10(9)15/h4-5,7-8H,3,6H2,1-2H3. The van der Waals surface area contributed by atoms with E-state index in [1.807, 2.05) is 19.1 Å². The smallest absolute Gasteiger partial charge is 0.376 e. The van der Waals surface area contributed by atoms with Gasteiger partial charge in [-0.1, -0.05) is 37.1 Å². The lowest BCUT2D eigenvalue weighted by Crippen LogP contribution is -2.03. The first-order valence-electron chi connectivity index (χ1n) is 6.00. The van der Waals surface area contributed by atoms with Crippen molar-refractivity contribution in [3.05, 3.63) is 40.7 Å². The first-order chi connectivity index (χ1) is 9.17. The number of nitrogens with zero attached hydrogens (tertiary/aromatic N) is 1. The van der Waals surface area contributed by atoms with Crippen LogP contribution < -0.4 is 0 Å². The number of oxazole rings is 1. The van der Waals surface area contributed by atoms with E-state index in [4.69, 9.17) is 20.8 Å². The highest BCUT2D eigenvalue weighted by Crippen LogP contribution is 2.29. The van der Waals surface area contributed by atoms with Gasteiger partial charge in [0.25, 0.3) is 0 Å². The molecule has 0 radical (unpaired) electrons. The summed E-state index contributed by atoms with van der Waals surface area (Å²) >= 11 is 6.09. The number of halogens is 1. The zero-order chi connectivity index (χ0) is 13.8. The molecule has 0 spiro atoms. The summed E-state index contributed by atoms with van der Waals surface area (Å²) in [4.78, 5) is 16.0. The maximum Gasteiger partial charge on any atom is 0.376 e. The summed E-state index contributed by atoms with van der Waals surface area (Å²) in [6, 6.07) is 7.20. The second-order valence-electron chi connectivity index (χ2n) is 4.02. The van der Waals surface area contributed by atoms with Gasteiger partial charge in [-0.25, -0.2) is 9.78 Å². The fraction of sp³-hybridized carbons (Fsp3) is 0.286. The van der Waals surface area contributed by atoms with Crippen LogP contribution in [0.3, 0.4) is 0 Å². The summed E-state index contributed by atoms with van der Waals surface area (Å²) in [6.07, 6.45) is 1.51. The quantitative estimate of drug-likeness (QED) is 0.800. The van der Waals surface area contributed by atoms with E-state index >= 15 is 0 Å². The molecule has 0 aliphatic heterocycles. The van der Waals surface area contributed by atoms with E-state index in [0.717, 1.165) is 6.42 Å². The van der Waals surface area contributed by atoms with Gasteiger partial charge < -0.3 is 9.15 Å². The average Bonchev–Trinajstić information content (AvgIpc) is 2.83. The summed E-state index contributed by atoms with van der Waals surface area (Å²) in [6.45, 7) is 2.00. The van der Waals surface area contributed by atoms with E-state index in [1.165, 1.54) is 7.11 Å². The van der Waals surface area contributed by atoms with Gasteiger partial charge in [-0.3, -0.25) is 0 Å². The molecular formula is C14H14ClNO3. The predicted molar refractivity (Wildman–Crippen MR) is 72.3 cm³/mol. The zero-order valence-electron chi connectivity index (χ0n) is 10.8. The molecule has 1 aromatic heterocycles. The van der Waals surface area contributed by atoms with E-state index in [1.54, 1.807) is 12.1 Å². The summed E-state index contributed by atoms with van der Waals surface area (Å²) < 4.78 is 10.2. The van der Waals surface area contributed by atoms with E-state index in [-0.39, 0.29) is 5.76 Å². The number of esters is 1. The molecule has 1 heterocycles. The Morgan fingerprint density at radius 2 is 2.16 bits per heavy atom. The van der Waals surface area contributed by atoms with Gasteiger partial charge in [-0.15, -0.1) is 0 Å². The maximum atomic E-state index is 11.6. The Bertz CT molecular complexity index is 592. The molecule has 4 nitrogen and oxygen atoms in total. The van der Waals surface area contributed by atoms with Gasteiger partial charge >= 0.3 is 5.97 Å². The minimum absolute atomic E-state index is 0.152. The molecule has 0 N–H and O–H groups in total. The molecule has 0 atom stereocenters. The predicted octanol–water partition coefficient (Wildman–Crippen LogP) is 3.73. The number of carbonyl (C=O) groups is 1. The highest BCUT2D eigenvalue weighted by Gasteiger charge is 2.21. The molecule has 0 amide bonds. The maximum absolute atomic E-state index is 11.6. The summed E-state index contributed by atoms with van der Waals surface area (Å²) in [5.74, 6) is -0.0250. The molecule has 0 unspecified atom stereocenters. The van der Waals surface area contributed by atoms with Gasteiger partial charge in [-0.2, -0.15) is 0 Å². The number of aryl methyl sites for hydroxylation is 1. The van der Waals surface area contributed by atoms with Crippen LogP contribution >= 0.6 is 11.6 Å². The highest BCUT2D eigenvalue weighted by atomic mass is 35.5. The minimum atomic E-state index is -0.519. The van der Waals surface area contributed by atoms with Crippen molar-refractivity contribution < 1.29 is 13.9 Å². The first kappa shape index (κ1) is 13.6. The third kappa shape index (κ3) is 2.79. The summed E-state index contributed by atoms with van der Waals surface area (Å²) in [7, 11) is 1.32. The molecule has 2 aromatic rings. The molecule has 19 heavy (non-hydrogen) atoms. The van der Waals surface area contributed by atoms with Crippen LogP contribution in [0.5, 0.6) is 0 Å². The number of carbonyl (C=O) groups excluding carboxylic acids is 1. The van der Waals surface area contributed by atoms with Crippen LogP contribution in [0.1, 0.15) is 29.6 Å². The van der Waals surface area contributed by atoms with Crippen LogP contribution in [0.4, 0.5) is 0 Å².